The van der Waals surface area contributed by atoms with Crippen LogP contribution in [0.4, 0.5) is 5.95 Å². The zero-order valence-electron chi connectivity index (χ0n) is 24.4. The number of nitrogens with two attached hydrogens (primary N) is 1. The molecule has 0 bridgehead atoms. The molecule has 3 aromatic heterocycles. The quantitative estimate of drug-likeness (QED) is 0.0442. The Morgan fingerprint density at radius 2 is 1.93 bits per heavy atom. The Labute approximate surface area is 258 Å². The van der Waals surface area contributed by atoms with Gasteiger partial charge in [-0.25, -0.2) is 9.59 Å². The number of nitrogen functional groups attached to an aromatic ring is 1. The van der Waals surface area contributed by atoms with Gasteiger partial charge in [-0.05, 0) is 35.7 Å². The van der Waals surface area contributed by atoms with E-state index in [4.69, 9.17) is 20.7 Å². The van der Waals surface area contributed by atoms with Crippen LogP contribution in [0.2, 0.25) is 0 Å². The predicted molar refractivity (Wildman–Crippen MR) is 163 cm³/mol. The standard InChI is InChI=1S/C27H31N11O8/c28-26-34-21-20(23(40)35-26)15(12-32-21)11-30-3-5-44-7-8-45-6-4-31-22(39)19-10-16(36-37-29)13-38(19)24(41)14-1-2-17-18(9-14)33-27(43)46-25(17)42/h1-2,9,12,16,19,30H,3-8,10-11,13H2,(H,31,39)(H,33,43)(H4,28,32,34,35,40)/t16?,19-/m0/s1. The molecular weight excluding hydrogens is 606 g/mol. The predicted octanol–water partition coefficient (Wildman–Crippen LogP) is -0.539. The first-order valence-corrected chi connectivity index (χ1v) is 14.3. The lowest BCUT2D eigenvalue weighted by Gasteiger charge is -2.24. The average Bonchev–Trinajstić information content (AvgIpc) is 3.63. The molecule has 242 valence electrons. The van der Waals surface area contributed by atoms with Crippen molar-refractivity contribution in [3.63, 3.8) is 0 Å². The molecule has 1 fully saturated rings. The lowest BCUT2D eigenvalue weighted by molar-refractivity contribution is -0.125. The van der Waals surface area contributed by atoms with Gasteiger partial charge in [0.1, 0.15) is 11.7 Å². The number of benzene rings is 1. The van der Waals surface area contributed by atoms with Gasteiger partial charge in [0.25, 0.3) is 11.5 Å². The number of aromatic amines is 3. The zero-order valence-corrected chi connectivity index (χ0v) is 24.4. The van der Waals surface area contributed by atoms with Gasteiger partial charge in [-0.1, -0.05) is 5.11 Å². The molecule has 4 heterocycles. The molecule has 7 N–H and O–H groups in total. The van der Waals surface area contributed by atoms with Crippen LogP contribution in [0.1, 0.15) is 22.3 Å². The van der Waals surface area contributed by atoms with E-state index in [2.05, 4.69) is 45.0 Å². The summed E-state index contributed by atoms with van der Waals surface area (Å²) in [7, 11) is 0. The first-order valence-electron chi connectivity index (χ1n) is 14.3. The van der Waals surface area contributed by atoms with E-state index >= 15 is 0 Å². The number of fused-ring (bicyclic) bond motifs is 2. The molecular formula is C27H31N11O8. The van der Waals surface area contributed by atoms with Crippen LogP contribution in [0.15, 0.2) is 48.3 Å². The van der Waals surface area contributed by atoms with Crippen molar-refractivity contribution in [2.24, 2.45) is 5.11 Å². The normalized spacial score (nSPS) is 16.1. The topological polar surface area (TPSA) is 279 Å². The Kier molecular flexibility index (Phi) is 10.1. The molecule has 4 aromatic rings. The highest BCUT2D eigenvalue weighted by atomic mass is 16.5. The monoisotopic (exact) mass is 637 g/mol. The molecule has 1 unspecified atom stereocenters. The van der Waals surface area contributed by atoms with Gasteiger partial charge in [-0.3, -0.25) is 24.4 Å². The third-order valence-electron chi connectivity index (χ3n) is 7.26. The number of rotatable bonds is 14. The highest BCUT2D eigenvalue weighted by molar-refractivity contribution is 6.00. The third kappa shape index (κ3) is 7.41. The van der Waals surface area contributed by atoms with E-state index in [0.29, 0.717) is 37.3 Å². The number of anilines is 1. The SMILES string of the molecule is [N-]=[N+]=NC1C[C@@H](C(=O)NCCOCCOCCNCc2c[nH]c3nc(N)[nH]c(=O)c23)N(C(=O)c2ccc3c(=O)oc(=O)[nH]c3c2)C1. The van der Waals surface area contributed by atoms with Gasteiger partial charge in [0.15, 0.2) is 0 Å². The van der Waals surface area contributed by atoms with Gasteiger partial charge in [-0.15, -0.1) is 0 Å². The molecule has 5 rings (SSSR count). The summed E-state index contributed by atoms with van der Waals surface area (Å²) in [6, 6.07) is 2.55. The van der Waals surface area contributed by atoms with Crippen molar-refractivity contribution in [1.82, 2.24) is 35.5 Å². The van der Waals surface area contributed by atoms with Crippen LogP contribution in [0.3, 0.4) is 0 Å². The molecule has 0 radical (unpaired) electrons. The number of hydrogen-bond acceptors (Lipinski definition) is 12. The molecule has 19 nitrogen and oxygen atoms in total. The van der Waals surface area contributed by atoms with Crippen LogP contribution < -0.4 is 33.3 Å². The van der Waals surface area contributed by atoms with Crippen LogP contribution in [0.25, 0.3) is 32.4 Å². The summed E-state index contributed by atoms with van der Waals surface area (Å²) in [6.07, 6.45) is 1.82. The van der Waals surface area contributed by atoms with E-state index in [1.54, 1.807) is 6.20 Å². The van der Waals surface area contributed by atoms with Crippen LogP contribution >= 0.6 is 0 Å². The summed E-state index contributed by atoms with van der Waals surface area (Å²) in [4.78, 5) is 77.9. The van der Waals surface area contributed by atoms with Gasteiger partial charge in [0.2, 0.25) is 11.9 Å². The number of likely N-dealkylation sites (tertiary alicyclic amines) is 1. The molecule has 1 saturated heterocycles. The lowest BCUT2D eigenvalue weighted by Crippen LogP contribution is -2.46. The van der Waals surface area contributed by atoms with Crippen molar-refractivity contribution in [3.05, 3.63) is 77.3 Å². The summed E-state index contributed by atoms with van der Waals surface area (Å²) >= 11 is 0. The number of carbonyl (C=O) groups excluding carboxylic acids is 2. The van der Waals surface area contributed by atoms with Crippen LogP contribution in [-0.4, -0.2) is 94.8 Å². The smallest absolute Gasteiger partial charge is 0.378 e. The maximum absolute atomic E-state index is 13.4. The fraction of sp³-hybridized carbons (Fsp3) is 0.407. The van der Waals surface area contributed by atoms with Crippen molar-refractivity contribution in [3.8, 4) is 0 Å². The minimum atomic E-state index is -0.961. The van der Waals surface area contributed by atoms with Crippen LogP contribution in [0.5, 0.6) is 0 Å². The highest BCUT2D eigenvalue weighted by Gasteiger charge is 2.39. The number of amides is 2. The Balaban J connectivity index is 1.02. The fourth-order valence-corrected chi connectivity index (χ4v) is 5.16. The van der Waals surface area contributed by atoms with Crippen LogP contribution in [-0.2, 0) is 20.8 Å². The Morgan fingerprint density at radius 1 is 1.15 bits per heavy atom. The van der Waals surface area contributed by atoms with E-state index in [9.17, 15) is 24.0 Å². The first-order chi connectivity index (χ1) is 22.2. The third-order valence-corrected chi connectivity index (χ3v) is 7.26. The summed E-state index contributed by atoms with van der Waals surface area (Å²) in [6.45, 7) is 2.36. The second-order valence-electron chi connectivity index (χ2n) is 10.3. The van der Waals surface area contributed by atoms with Gasteiger partial charge in [0, 0.05) is 42.9 Å². The molecule has 1 aliphatic rings. The Bertz CT molecular complexity index is 1960. The van der Waals surface area contributed by atoms with Crippen molar-refractivity contribution < 1.29 is 23.5 Å². The molecule has 46 heavy (non-hydrogen) atoms. The van der Waals surface area contributed by atoms with Gasteiger partial charge in [-0.2, -0.15) is 4.98 Å². The van der Waals surface area contributed by atoms with Crippen molar-refractivity contribution in [2.75, 3.05) is 51.8 Å². The maximum atomic E-state index is 13.4. The van der Waals surface area contributed by atoms with E-state index in [1.165, 1.54) is 23.1 Å². The van der Waals surface area contributed by atoms with Gasteiger partial charge in [0.05, 0.1) is 48.8 Å². The second kappa shape index (κ2) is 14.5. The Morgan fingerprint density at radius 3 is 2.72 bits per heavy atom. The lowest BCUT2D eigenvalue weighted by atomic mass is 10.1. The summed E-state index contributed by atoms with van der Waals surface area (Å²) < 4.78 is 15.6. The number of hydrogen-bond donors (Lipinski definition) is 6. The molecule has 19 heteroatoms. The number of nitrogens with one attached hydrogen (secondary N) is 5. The maximum Gasteiger partial charge on any atom is 0.419 e. The van der Waals surface area contributed by atoms with Gasteiger partial charge < -0.3 is 40.1 Å². The zero-order chi connectivity index (χ0) is 32.6. The van der Waals surface area contributed by atoms with E-state index in [1.807, 2.05) is 0 Å². The van der Waals surface area contributed by atoms with E-state index in [0.717, 1.165) is 5.56 Å². The van der Waals surface area contributed by atoms with Crippen molar-refractivity contribution >= 4 is 39.7 Å². The summed E-state index contributed by atoms with van der Waals surface area (Å²) in [5.74, 6) is -1.90. The number of H-pyrrole nitrogens is 3. The Hall–Kier alpha value is -5.49. The number of ether oxygens (including phenoxy) is 2. The largest absolute Gasteiger partial charge is 0.419 e. The number of azide groups is 1. The number of nitrogens with zero attached hydrogens (tertiary/aromatic N) is 5. The highest BCUT2D eigenvalue weighted by Crippen LogP contribution is 2.24. The van der Waals surface area contributed by atoms with E-state index < -0.39 is 35.3 Å². The summed E-state index contributed by atoms with van der Waals surface area (Å²) in [5, 5.41) is 10.1. The van der Waals surface area contributed by atoms with Crippen molar-refractivity contribution in [1.29, 1.82) is 0 Å². The minimum Gasteiger partial charge on any atom is -0.378 e. The minimum absolute atomic E-state index is 0.0154. The summed E-state index contributed by atoms with van der Waals surface area (Å²) in [5.41, 5.74) is 14.7. The molecule has 0 aliphatic carbocycles. The molecule has 0 spiro atoms. The van der Waals surface area contributed by atoms with Crippen molar-refractivity contribution in [2.45, 2.75) is 25.0 Å². The molecule has 1 aromatic carbocycles. The van der Waals surface area contributed by atoms with E-state index in [-0.39, 0.29) is 60.7 Å². The second-order valence-corrected chi connectivity index (χ2v) is 10.3. The molecule has 0 saturated carbocycles. The first kappa shape index (κ1) is 31.9. The van der Waals surface area contributed by atoms with Crippen LogP contribution in [0, 0.1) is 0 Å². The van der Waals surface area contributed by atoms with Gasteiger partial charge >= 0.3 is 11.4 Å². The molecule has 2 amide bonds. The number of carbonyl (C=O) groups is 2. The number of aromatic nitrogens is 4. The average molecular weight is 638 g/mol. The molecule has 2 atom stereocenters. The fourth-order valence-electron chi connectivity index (χ4n) is 5.16. The molecule has 1 aliphatic heterocycles.